The lowest BCUT2D eigenvalue weighted by molar-refractivity contribution is -0.151. The summed E-state index contributed by atoms with van der Waals surface area (Å²) in [5.41, 5.74) is 12.3. The van der Waals surface area contributed by atoms with Gasteiger partial charge in [0, 0.05) is 13.3 Å². The summed E-state index contributed by atoms with van der Waals surface area (Å²) >= 11 is 0. The number of carbonyl (C=O) groups is 1. The van der Waals surface area contributed by atoms with Crippen LogP contribution in [0.25, 0.3) is 0 Å². The molecule has 2 N–H and O–H groups in total. The molecule has 5 aliphatic rings. The summed E-state index contributed by atoms with van der Waals surface area (Å²) in [7, 11) is 1.53. The molecule has 0 amide bonds. The molecule has 5 nitrogen and oxygen atoms in total. The molecule has 2 saturated carbocycles. The van der Waals surface area contributed by atoms with Crippen LogP contribution in [0.4, 0.5) is 0 Å². The lowest BCUT2D eigenvalue weighted by Crippen LogP contribution is -2.38. The van der Waals surface area contributed by atoms with Crippen molar-refractivity contribution in [3.8, 4) is 0 Å². The van der Waals surface area contributed by atoms with Crippen molar-refractivity contribution in [3.63, 3.8) is 0 Å². The molecule has 0 aromatic carbocycles. The smallest absolute Gasteiger partial charge is 0.332 e. The summed E-state index contributed by atoms with van der Waals surface area (Å²) in [6, 6.07) is 0.464. The zero-order valence-corrected chi connectivity index (χ0v) is 15.2. The Hall–Kier alpha value is -1.85. The maximum absolute atomic E-state index is 11.8. The second-order valence-electron chi connectivity index (χ2n) is 8.09. The van der Waals surface area contributed by atoms with Gasteiger partial charge in [-0.15, -0.1) is 0 Å². The molecule has 2 fully saturated rings. The van der Waals surface area contributed by atoms with Crippen molar-refractivity contribution in [2.45, 2.75) is 44.2 Å². The number of fused-ring (bicyclic) bond motifs is 6. The highest BCUT2D eigenvalue weighted by Gasteiger charge is 2.45. The molecule has 1 aliphatic heterocycles. The van der Waals surface area contributed by atoms with E-state index >= 15 is 0 Å². The van der Waals surface area contributed by atoms with E-state index in [2.05, 4.69) is 35.3 Å². The van der Waals surface area contributed by atoms with Gasteiger partial charge in [0.2, 0.25) is 0 Å². The van der Waals surface area contributed by atoms with Gasteiger partial charge in [0.25, 0.3) is 0 Å². The Bertz CT molecular complexity index is 748. The van der Waals surface area contributed by atoms with Crippen molar-refractivity contribution in [1.29, 1.82) is 0 Å². The SMILES string of the molecule is COCC(=O)OC1CCC2C1=CC=C1C3=CC4=CNNC4CC3CCC12. The first-order valence-electron chi connectivity index (χ1n) is 9.77. The monoisotopic (exact) mass is 354 g/mol. The van der Waals surface area contributed by atoms with Gasteiger partial charge in [0.05, 0.1) is 6.04 Å². The van der Waals surface area contributed by atoms with Crippen molar-refractivity contribution in [2.24, 2.45) is 17.8 Å². The van der Waals surface area contributed by atoms with Gasteiger partial charge in [-0.2, -0.15) is 0 Å². The van der Waals surface area contributed by atoms with Crippen molar-refractivity contribution in [2.75, 3.05) is 13.7 Å². The van der Waals surface area contributed by atoms with Crippen LogP contribution in [0, 0.1) is 17.8 Å². The molecule has 5 heteroatoms. The van der Waals surface area contributed by atoms with Gasteiger partial charge in [-0.3, -0.25) is 0 Å². The lowest BCUT2D eigenvalue weighted by atomic mass is 9.63. The van der Waals surface area contributed by atoms with Crippen LogP contribution in [0.2, 0.25) is 0 Å². The number of ether oxygens (including phenoxy) is 2. The number of rotatable bonds is 3. The Morgan fingerprint density at radius 1 is 1.15 bits per heavy atom. The Morgan fingerprint density at radius 2 is 2.04 bits per heavy atom. The van der Waals surface area contributed by atoms with E-state index in [1.54, 1.807) is 5.57 Å². The fraction of sp³-hybridized carbons (Fsp3) is 0.571. The molecular formula is C21H26N2O3. The van der Waals surface area contributed by atoms with Crippen molar-refractivity contribution in [3.05, 3.63) is 46.7 Å². The highest BCUT2D eigenvalue weighted by molar-refractivity contribution is 5.71. The van der Waals surface area contributed by atoms with Crippen LogP contribution in [0.15, 0.2) is 46.7 Å². The number of hydrogen-bond donors (Lipinski definition) is 2. The number of esters is 1. The molecule has 5 unspecified atom stereocenters. The first kappa shape index (κ1) is 16.3. The number of hydrazine groups is 1. The molecule has 4 aliphatic carbocycles. The summed E-state index contributed by atoms with van der Waals surface area (Å²) in [6.07, 6.45) is 14.7. The van der Waals surface area contributed by atoms with E-state index < -0.39 is 0 Å². The van der Waals surface area contributed by atoms with Crippen LogP contribution in [0.3, 0.4) is 0 Å². The topological polar surface area (TPSA) is 59.6 Å². The molecule has 5 atom stereocenters. The van der Waals surface area contributed by atoms with Gasteiger partial charge in [-0.25, -0.2) is 10.2 Å². The molecule has 1 heterocycles. The highest BCUT2D eigenvalue weighted by atomic mass is 16.6. The van der Waals surface area contributed by atoms with Crippen LogP contribution in [-0.2, 0) is 14.3 Å². The highest BCUT2D eigenvalue weighted by Crippen LogP contribution is 2.53. The molecule has 0 aromatic rings. The van der Waals surface area contributed by atoms with E-state index in [9.17, 15) is 4.79 Å². The Balaban J connectivity index is 1.42. The van der Waals surface area contributed by atoms with Gasteiger partial charge < -0.3 is 14.9 Å². The number of allylic oxidation sites excluding steroid dienone is 4. The minimum Gasteiger partial charge on any atom is -0.456 e. The number of hydrogen-bond acceptors (Lipinski definition) is 5. The standard InChI is InChI=1S/C21H26N2O3/c1-25-11-21(24)26-20-7-6-15-14-3-2-12-9-19-13(10-22-23-19)8-18(12)16(14)4-5-17(15)20/h4-5,8,10,12,14-15,19-20,22-23H,2-3,6-7,9,11H2,1H3. The zero-order chi connectivity index (χ0) is 17.7. The summed E-state index contributed by atoms with van der Waals surface area (Å²) in [4.78, 5) is 11.8. The summed E-state index contributed by atoms with van der Waals surface area (Å²) < 4.78 is 10.6. The first-order chi connectivity index (χ1) is 12.7. The number of nitrogens with one attached hydrogen (secondary N) is 2. The van der Waals surface area contributed by atoms with Crippen molar-refractivity contribution < 1.29 is 14.3 Å². The predicted molar refractivity (Wildman–Crippen MR) is 97.7 cm³/mol. The maximum Gasteiger partial charge on any atom is 0.332 e. The van der Waals surface area contributed by atoms with Gasteiger partial charge >= 0.3 is 5.97 Å². The average molecular weight is 354 g/mol. The molecule has 26 heavy (non-hydrogen) atoms. The molecule has 5 rings (SSSR count). The summed E-state index contributed by atoms with van der Waals surface area (Å²) in [6.45, 7) is 0.0336. The Labute approximate surface area is 154 Å². The third-order valence-electron chi connectivity index (χ3n) is 6.76. The Kier molecular flexibility index (Phi) is 4.02. The first-order valence-corrected chi connectivity index (χ1v) is 9.77. The molecule has 138 valence electrons. The minimum absolute atomic E-state index is 0.0336. The second kappa shape index (κ2) is 6.39. The largest absolute Gasteiger partial charge is 0.456 e. The molecular weight excluding hydrogens is 328 g/mol. The molecule has 0 saturated heterocycles. The van der Waals surface area contributed by atoms with E-state index in [0.717, 1.165) is 12.8 Å². The van der Waals surface area contributed by atoms with Gasteiger partial charge in [0.1, 0.15) is 12.7 Å². The van der Waals surface area contributed by atoms with Crippen molar-refractivity contribution in [1.82, 2.24) is 10.9 Å². The van der Waals surface area contributed by atoms with Crippen LogP contribution < -0.4 is 10.9 Å². The van der Waals surface area contributed by atoms with E-state index in [-0.39, 0.29) is 18.7 Å². The van der Waals surface area contributed by atoms with Crippen LogP contribution in [-0.4, -0.2) is 31.8 Å². The fourth-order valence-corrected chi connectivity index (χ4v) is 5.63. The minimum atomic E-state index is -0.258. The number of carbonyl (C=O) groups excluding carboxylic acids is 1. The molecule has 0 radical (unpaired) electrons. The van der Waals surface area contributed by atoms with E-state index in [4.69, 9.17) is 9.47 Å². The van der Waals surface area contributed by atoms with Crippen LogP contribution in [0.5, 0.6) is 0 Å². The fourth-order valence-electron chi connectivity index (χ4n) is 5.63. The van der Waals surface area contributed by atoms with Crippen molar-refractivity contribution >= 4 is 5.97 Å². The third kappa shape index (κ3) is 2.57. The number of methoxy groups -OCH3 is 1. The van der Waals surface area contributed by atoms with Gasteiger partial charge in [-0.05, 0) is 72.2 Å². The average Bonchev–Trinajstić information content (AvgIpc) is 3.26. The maximum atomic E-state index is 11.8. The lowest BCUT2D eigenvalue weighted by Gasteiger charge is -2.42. The molecule has 0 spiro atoms. The van der Waals surface area contributed by atoms with E-state index in [1.165, 1.54) is 43.1 Å². The molecule has 0 aromatic heterocycles. The van der Waals surface area contributed by atoms with E-state index in [0.29, 0.717) is 23.8 Å². The summed E-state index contributed by atoms with van der Waals surface area (Å²) in [5, 5.41) is 0. The second-order valence-corrected chi connectivity index (χ2v) is 8.09. The molecule has 0 bridgehead atoms. The van der Waals surface area contributed by atoms with E-state index in [1.807, 2.05) is 0 Å². The predicted octanol–water partition coefficient (Wildman–Crippen LogP) is 2.54. The van der Waals surface area contributed by atoms with Gasteiger partial charge in [-0.1, -0.05) is 18.2 Å². The summed E-state index contributed by atoms with van der Waals surface area (Å²) in [5.74, 6) is 1.53. The third-order valence-corrected chi connectivity index (χ3v) is 6.76. The zero-order valence-electron chi connectivity index (χ0n) is 15.2. The Morgan fingerprint density at radius 3 is 2.92 bits per heavy atom. The normalized spacial score (nSPS) is 37.0. The quantitative estimate of drug-likeness (QED) is 0.763. The van der Waals surface area contributed by atoms with Gasteiger partial charge in [0.15, 0.2) is 0 Å². The van der Waals surface area contributed by atoms with Crippen LogP contribution >= 0.6 is 0 Å². The van der Waals surface area contributed by atoms with Crippen LogP contribution in [0.1, 0.15) is 32.1 Å².